The number of halogens is 2. The van der Waals surface area contributed by atoms with Crippen LogP contribution in [0.1, 0.15) is 107 Å². The summed E-state index contributed by atoms with van der Waals surface area (Å²) in [6.45, 7) is 6.84. The molecule has 0 N–H and O–H groups in total. The van der Waals surface area contributed by atoms with Gasteiger partial charge in [-0.15, -0.1) is 45.3 Å². The fourth-order valence-corrected chi connectivity index (χ4v) is 10.8. The van der Waals surface area contributed by atoms with Crippen LogP contribution in [0.2, 0.25) is 0 Å². The minimum atomic E-state index is 0.594. The van der Waals surface area contributed by atoms with Crippen LogP contribution in [0, 0.1) is 0 Å². The Hall–Kier alpha value is 0.0200. The molecule has 0 radical (unpaired) electrons. The second kappa shape index (κ2) is 13.7. The lowest BCUT2D eigenvalue weighted by molar-refractivity contribution is 0.576. The molecule has 0 aliphatic carbocycles. The highest BCUT2D eigenvalue weighted by Gasteiger charge is 2.15. The van der Waals surface area contributed by atoms with Gasteiger partial charge in [0.25, 0.3) is 0 Å². The monoisotopic (exact) mass is 670 g/mol. The molecule has 0 saturated heterocycles. The Morgan fingerprint density at radius 2 is 1.17 bits per heavy atom. The molecule has 190 valence electrons. The van der Waals surface area contributed by atoms with Crippen LogP contribution in [0.4, 0.5) is 0 Å². The van der Waals surface area contributed by atoms with E-state index in [4.69, 9.17) is 0 Å². The van der Waals surface area contributed by atoms with Crippen molar-refractivity contribution in [1.82, 2.24) is 0 Å². The van der Waals surface area contributed by atoms with Crippen LogP contribution in [-0.2, 0) is 19.3 Å². The summed E-state index contributed by atoms with van der Waals surface area (Å²) >= 11 is 15.5. The van der Waals surface area contributed by atoms with E-state index in [9.17, 15) is 0 Å². The SMILES string of the molecule is CCCCCCCCCCc1cc(Br)c(Cc2cc3sc(Cc4sc(C(C)C)cc4Br)cc3s2)s1. The van der Waals surface area contributed by atoms with Gasteiger partial charge in [0.1, 0.15) is 0 Å². The first-order valence-electron chi connectivity index (χ1n) is 13.0. The van der Waals surface area contributed by atoms with Gasteiger partial charge in [-0.1, -0.05) is 65.7 Å². The highest BCUT2D eigenvalue weighted by molar-refractivity contribution is 9.10. The molecule has 0 bridgehead atoms. The lowest BCUT2D eigenvalue weighted by Gasteiger charge is -2.00. The average molecular weight is 673 g/mol. The van der Waals surface area contributed by atoms with Gasteiger partial charge in [-0.05, 0) is 74.9 Å². The third kappa shape index (κ3) is 8.00. The first-order chi connectivity index (χ1) is 16.9. The van der Waals surface area contributed by atoms with Gasteiger partial charge in [-0.25, -0.2) is 0 Å². The van der Waals surface area contributed by atoms with Crippen LogP contribution in [0.15, 0.2) is 33.2 Å². The van der Waals surface area contributed by atoms with Gasteiger partial charge in [0.15, 0.2) is 0 Å². The van der Waals surface area contributed by atoms with E-state index in [0.29, 0.717) is 5.92 Å². The third-order valence-electron chi connectivity index (χ3n) is 6.41. The number of thiophene rings is 4. The maximum Gasteiger partial charge on any atom is 0.0456 e. The van der Waals surface area contributed by atoms with Crippen molar-refractivity contribution >= 4 is 86.6 Å². The Labute approximate surface area is 244 Å². The van der Waals surface area contributed by atoms with Gasteiger partial charge in [-0.3, -0.25) is 0 Å². The number of hydrogen-bond acceptors (Lipinski definition) is 4. The van der Waals surface area contributed by atoms with E-state index < -0.39 is 0 Å². The van der Waals surface area contributed by atoms with E-state index in [-0.39, 0.29) is 0 Å². The van der Waals surface area contributed by atoms with Gasteiger partial charge in [0, 0.05) is 60.4 Å². The van der Waals surface area contributed by atoms with Crippen molar-refractivity contribution < 1.29 is 0 Å². The first-order valence-corrected chi connectivity index (χ1v) is 17.8. The molecular weight excluding hydrogens is 636 g/mol. The molecule has 4 rings (SSSR count). The predicted octanol–water partition coefficient (Wildman–Crippen LogP) is 12.6. The van der Waals surface area contributed by atoms with Crippen molar-refractivity contribution in [2.24, 2.45) is 0 Å². The molecule has 35 heavy (non-hydrogen) atoms. The Morgan fingerprint density at radius 3 is 1.74 bits per heavy atom. The van der Waals surface area contributed by atoms with E-state index in [1.807, 2.05) is 45.3 Å². The first kappa shape index (κ1) is 28.0. The molecule has 0 saturated carbocycles. The molecule has 0 amide bonds. The van der Waals surface area contributed by atoms with Crippen LogP contribution < -0.4 is 0 Å². The summed E-state index contributed by atoms with van der Waals surface area (Å²) in [5.74, 6) is 0.594. The lowest BCUT2D eigenvalue weighted by atomic mass is 10.1. The van der Waals surface area contributed by atoms with Crippen LogP contribution in [0.5, 0.6) is 0 Å². The van der Waals surface area contributed by atoms with E-state index in [1.165, 1.54) is 101 Å². The third-order valence-corrected chi connectivity index (χ3v) is 13.3. The van der Waals surface area contributed by atoms with E-state index in [0.717, 1.165) is 12.8 Å². The normalized spacial score (nSPS) is 11.9. The van der Waals surface area contributed by atoms with Crippen molar-refractivity contribution in [3.63, 3.8) is 0 Å². The molecule has 0 atom stereocenters. The second-order valence-electron chi connectivity index (χ2n) is 9.79. The van der Waals surface area contributed by atoms with Crippen molar-refractivity contribution in [3.05, 3.63) is 62.5 Å². The molecule has 0 spiro atoms. The topological polar surface area (TPSA) is 0 Å². The number of unbranched alkanes of at least 4 members (excludes halogenated alkanes) is 7. The Balaban J connectivity index is 1.29. The van der Waals surface area contributed by atoms with Crippen molar-refractivity contribution in [2.45, 2.75) is 97.3 Å². The number of hydrogen-bond donors (Lipinski definition) is 0. The minimum Gasteiger partial charge on any atom is -0.144 e. The standard InChI is InChI=1S/C29H36Br2S4/c1-4-5-6-7-8-9-10-11-12-20-13-23(30)26(32-20)14-21-16-28-29(33-21)17-22(34-28)15-27-24(31)18-25(35-27)19(2)3/h13,16-19H,4-12,14-15H2,1-3H3. The number of fused-ring (bicyclic) bond motifs is 1. The highest BCUT2D eigenvalue weighted by atomic mass is 79.9. The average Bonchev–Trinajstić information content (AvgIpc) is 3.55. The zero-order valence-electron chi connectivity index (χ0n) is 21.1. The number of rotatable bonds is 14. The predicted molar refractivity (Wildman–Crippen MR) is 170 cm³/mol. The molecule has 4 aromatic heterocycles. The summed E-state index contributed by atoms with van der Waals surface area (Å²) in [6.07, 6.45) is 14.4. The molecule has 4 heterocycles. The lowest BCUT2D eigenvalue weighted by Crippen LogP contribution is -1.83. The molecule has 0 aromatic carbocycles. The van der Waals surface area contributed by atoms with Crippen LogP contribution in [0.25, 0.3) is 9.40 Å². The second-order valence-corrected chi connectivity index (χ2v) is 16.2. The Bertz CT molecular complexity index is 1180. The minimum absolute atomic E-state index is 0.594. The molecule has 4 aromatic rings. The summed E-state index contributed by atoms with van der Waals surface area (Å²) < 4.78 is 5.47. The van der Waals surface area contributed by atoms with Crippen LogP contribution >= 0.6 is 77.2 Å². The van der Waals surface area contributed by atoms with Gasteiger partial charge in [-0.2, -0.15) is 0 Å². The summed E-state index contributed by atoms with van der Waals surface area (Å²) in [6, 6.07) is 9.54. The van der Waals surface area contributed by atoms with Crippen LogP contribution in [0.3, 0.4) is 0 Å². The smallest absolute Gasteiger partial charge is 0.0456 e. The molecule has 0 fully saturated rings. The van der Waals surface area contributed by atoms with E-state index >= 15 is 0 Å². The molecule has 0 nitrogen and oxygen atoms in total. The zero-order valence-corrected chi connectivity index (χ0v) is 27.5. The van der Waals surface area contributed by atoms with Crippen molar-refractivity contribution in [3.8, 4) is 0 Å². The number of aryl methyl sites for hydroxylation is 1. The summed E-state index contributed by atoms with van der Waals surface area (Å²) in [4.78, 5) is 8.91. The summed E-state index contributed by atoms with van der Waals surface area (Å²) in [5.41, 5.74) is 0. The molecule has 0 aliphatic rings. The largest absolute Gasteiger partial charge is 0.144 e. The highest BCUT2D eigenvalue weighted by Crippen LogP contribution is 2.40. The zero-order chi connectivity index (χ0) is 24.8. The van der Waals surface area contributed by atoms with Crippen LogP contribution in [-0.4, -0.2) is 0 Å². The maximum atomic E-state index is 3.85. The maximum absolute atomic E-state index is 3.85. The fraction of sp³-hybridized carbons (Fsp3) is 0.517. The van der Waals surface area contributed by atoms with Crippen molar-refractivity contribution in [2.75, 3.05) is 0 Å². The molecular formula is C29H36Br2S4. The molecule has 6 heteroatoms. The van der Waals surface area contributed by atoms with Gasteiger partial charge < -0.3 is 0 Å². The summed E-state index contributed by atoms with van der Waals surface area (Å²) in [5, 5.41) is 0. The molecule has 0 unspecified atom stereocenters. The Kier molecular flexibility index (Phi) is 11.0. The quantitative estimate of drug-likeness (QED) is 0.117. The van der Waals surface area contributed by atoms with Gasteiger partial charge in [0.2, 0.25) is 0 Å². The fourth-order valence-electron chi connectivity index (χ4n) is 4.39. The Morgan fingerprint density at radius 1 is 0.629 bits per heavy atom. The summed E-state index contributed by atoms with van der Waals surface area (Å²) in [7, 11) is 0. The van der Waals surface area contributed by atoms with Gasteiger partial charge >= 0.3 is 0 Å². The molecule has 0 aliphatic heterocycles. The van der Waals surface area contributed by atoms with Crippen molar-refractivity contribution in [1.29, 1.82) is 0 Å². The van der Waals surface area contributed by atoms with Gasteiger partial charge in [0.05, 0.1) is 0 Å². The van der Waals surface area contributed by atoms with E-state index in [1.54, 1.807) is 4.88 Å². The van der Waals surface area contributed by atoms with E-state index in [2.05, 4.69) is 76.9 Å².